The number of fused-ring (bicyclic) bond motifs is 2. The Morgan fingerprint density at radius 2 is 1.92 bits per heavy atom. The largest absolute Gasteiger partial charge is 0.486 e. The SMILES string of the molecule is O=C1Nc2ccc(Cl)cc2/C1=N/N=C/c1ccc2c(c1)OCCO2. The van der Waals surface area contributed by atoms with Crippen LogP contribution in [0, 0.1) is 0 Å². The molecule has 0 fully saturated rings. The molecule has 7 heteroatoms. The number of carbonyl (C=O) groups is 1. The molecule has 1 N–H and O–H groups in total. The standard InChI is InChI=1S/C17H12ClN3O3/c18-11-2-3-13-12(8-11)16(17(22)20-13)21-19-9-10-1-4-14-15(7-10)24-6-5-23-14/h1-4,7-9H,5-6H2,(H,20,21,22)/b19-9+. The minimum Gasteiger partial charge on any atom is -0.486 e. The van der Waals surface area contributed by atoms with E-state index in [2.05, 4.69) is 15.5 Å². The van der Waals surface area contributed by atoms with Crippen LogP contribution in [-0.4, -0.2) is 31.0 Å². The van der Waals surface area contributed by atoms with Crippen molar-refractivity contribution in [3.8, 4) is 11.5 Å². The zero-order chi connectivity index (χ0) is 16.5. The number of nitrogens with zero attached hydrogens (tertiary/aromatic N) is 2. The van der Waals surface area contributed by atoms with Crippen molar-refractivity contribution >= 4 is 35.1 Å². The molecule has 4 rings (SSSR count). The summed E-state index contributed by atoms with van der Waals surface area (Å²) >= 11 is 5.98. The van der Waals surface area contributed by atoms with E-state index in [9.17, 15) is 4.79 Å². The van der Waals surface area contributed by atoms with Gasteiger partial charge in [0.15, 0.2) is 17.2 Å². The van der Waals surface area contributed by atoms with Crippen molar-refractivity contribution in [1.82, 2.24) is 0 Å². The molecule has 0 aliphatic carbocycles. The van der Waals surface area contributed by atoms with Gasteiger partial charge < -0.3 is 14.8 Å². The van der Waals surface area contributed by atoms with Gasteiger partial charge in [-0.25, -0.2) is 0 Å². The summed E-state index contributed by atoms with van der Waals surface area (Å²) in [4.78, 5) is 12.0. The van der Waals surface area contributed by atoms with Crippen molar-refractivity contribution in [3.63, 3.8) is 0 Å². The molecular formula is C17H12ClN3O3. The minimum atomic E-state index is -0.299. The van der Waals surface area contributed by atoms with Crippen LogP contribution in [0.2, 0.25) is 5.02 Å². The second-order valence-corrected chi connectivity index (χ2v) is 5.68. The first kappa shape index (κ1) is 14.7. The van der Waals surface area contributed by atoms with Gasteiger partial charge in [-0.2, -0.15) is 5.10 Å². The van der Waals surface area contributed by atoms with Gasteiger partial charge in [-0.3, -0.25) is 4.79 Å². The Kier molecular flexibility index (Phi) is 3.66. The monoisotopic (exact) mass is 341 g/mol. The maximum Gasteiger partial charge on any atom is 0.276 e. The number of hydrogen-bond acceptors (Lipinski definition) is 5. The predicted molar refractivity (Wildman–Crippen MR) is 91.6 cm³/mol. The molecule has 0 saturated heterocycles. The molecule has 2 aliphatic rings. The second kappa shape index (κ2) is 5.98. The normalized spacial score (nSPS) is 17.2. The molecule has 2 aliphatic heterocycles. The van der Waals surface area contributed by atoms with Crippen LogP contribution in [0.4, 0.5) is 5.69 Å². The predicted octanol–water partition coefficient (Wildman–Crippen LogP) is 2.89. The Balaban J connectivity index is 1.60. The van der Waals surface area contributed by atoms with Gasteiger partial charge >= 0.3 is 0 Å². The third-order valence-corrected chi connectivity index (χ3v) is 3.87. The van der Waals surface area contributed by atoms with Gasteiger partial charge in [0.1, 0.15) is 13.2 Å². The van der Waals surface area contributed by atoms with Crippen molar-refractivity contribution in [2.45, 2.75) is 0 Å². The van der Waals surface area contributed by atoms with Crippen LogP contribution in [0.25, 0.3) is 0 Å². The summed E-state index contributed by atoms with van der Waals surface area (Å²) in [6.07, 6.45) is 1.56. The number of ether oxygens (including phenoxy) is 2. The molecule has 0 aromatic heterocycles. The Labute approximate surface area is 142 Å². The number of rotatable bonds is 2. The van der Waals surface area contributed by atoms with Gasteiger partial charge in [-0.15, -0.1) is 5.10 Å². The van der Waals surface area contributed by atoms with Gasteiger partial charge in [0.05, 0.1) is 11.9 Å². The highest BCUT2D eigenvalue weighted by atomic mass is 35.5. The summed E-state index contributed by atoms with van der Waals surface area (Å²) in [6, 6.07) is 10.6. The quantitative estimate of drug-likeness (QED) is 0.674. The Morgan fingerprint density at radius 3 is 2.79 bits per heavy atom. The molecule has 0 atom stereocenters. The van der Waals surface area contributed by atoms with E-state index in [1.165, 1.54) is 0 Å². The zero-order valence-corrected chi connectivity index (χ0v) is 13.2. The van der Waals surface area contributed by atoms with Crippen LogP contribution in [0.15, 0.2) is 46.6 Å². The first-order valence-electron chi connectivity index (χ1n) is 7.33. The summed E-state index contributed by atoms with van der Waals surface area (Å²) in [7, 11) is 0. The molecule has 0 spiro atoms. The fourth-order valence-corrected chi connectivity index (χ4v) is 2.69. The van der Waals surface area contributed by atoms with Crippen LogP contribution in [-0.2, 0) is 4.79 Å². The number of anilines is 1. The summed E-state index contributed by atoms with van der Waals surface area (Å²) in [5.41, 5.74) is 2.36. The number of hydrogen-bond donors (Lipinski definition) is 1. The molecule has 1 amide bonds. The Morgan fingerprint density at radius 1 is 1.08 bits per heavy atom. The van der Waals surface area contributed by atoms with Crippen molar-refractivity contribution < 1.29 is 14.3 Å². The maximum absolute atomic E-state index is 12.0. The van der Waals surface area contributed by atoms with Crippen LogP contribution >= 0.6 is 11.6 Å². The maximum atomic E-state index is 12.0. The van der Waals surface area contributed by atoms with Crippen molar-refractivity contribution in [1.29, 1.82) is 0 Å². The van der Waals surface area contributed by atoms with Crippen molar-refractivity contribution in [2.75, 3.05) is 18.5 Å². The lowest BCUT2D eigenvalue weighted by Gasteiger charge is -2.18. The van der Waals surface area contributed by atoms with Gasteiger partial charge in [0.2, 0.25) is 0 Å². The van der Waals surface area contributed by atoms with E-state index in [0.717, 1.165) is 5.56 Å². The highest BCUT2D eigenvalue weighted by Crippen LogP contribution is 2.30. The fraction of sp³-hybridized carbons (Fsp3) is 0.118. The van der Waals surface area contributed by atoms with E-state index in [0.29, 0.717) is 41.0 Å². The zero-order valence-electron chi connectivity index (χ0n) is 12.5. The van der Waals surface area contributed by atoms with Crippen molar-refractivity contribution in [2.24, 2.45) is 10.2 Å². The molecule has 120 valence electrons. The Hall–Kier alpha value is -2.86. The highest BCUT2D eigenvalue weighted by molar-refractivity contribution is 6.54. The second-order valence-electron chi connectivity index (χ2n) is 5.24. The molecule has 2 aromatic rings. The summed E-state index contributed by atoms with van der Waals surface area (Å²) in [5, 5.41) is 11.3. The van der Waals surface area contributed by atoms with Gasteiger partial charge in [0, 0.05) is 10.6 Å². The molecule has 0 saturated carbocycles. The summed E-state index contributed by atoms with van der Waals surface area (Å²) < 4.78 is 11.0. The highest BCUT2D eigenvalue weighted by Gasteiger charge is 2.26. The van der Waals surface area contributed by atoms with E-state index in [4.69, 9.17) is 21.1 Å². The summed E-state index contributed by atoms with van der Waals surface area (Å²) in [5.74, 6) is 1.09. The minimum absolute atomic E-state index is 0.237. The van der Waals surface area contributed by atoms with E-state index < -0.39 is 0 Å². The van der Waals surface area contributed by atoms with E-state index in [-0.39, 0.29) is 11.6 Å². The number of nitrogens with one attached hydrogen (secondary N) is 1. The van der Waals surface area contributed by atoms with E-state index in [1.807, 2.05) is 18.2 Å². The lowest BCUT2D eigenvalue weighted by atomic mass is 10.1. The first-order chi connectivity index (χ1) is 11.7. The summed E-state index contributed by atoms with van der Waals surface area (Å²) in [6.45, 7) is 1.07. The van der Waals surface area contributed by atoms with Crippen LogP contribution < -0.4 is 14.8 Å². The molecule has 6 nitrogen and oxygen atoms in total. The molecule has 24 heavy (non-hydrogen) atoms. The van der Waals surface area contributed by atoms with Crippen molar-refractivity contribution in [3.05, 3.63) is 52.5 Å². The number of carbonyl (C=O) groups excluding carboxylic acids is 1. The van der Waals surface area contributed by atoms with E-state index in [1.54, 1.807) is 24.4 Å². The smallest absolute Gasteiger partial charge is 0.276 e. The molecule has 2 heterocycles. The van der Waals surface area contributed by atoms with Crippen LogP contribution in [0.1, 0.15) is 11.1 Å². The third-order valence-electron chi connectivity index (χ3n) is 3.63. The first-order valence-corrected chi connectivity index (χ1v) is 7.70. The number of halogens is 1. The topological polar surface area (TPSA) is 72.3 Å². The lowest BCUT2D eigenvalue weighted by Crippen LogP contribution is -2.15. The fourth-order valence-electron chi connectivity index (χ4n) is 2.52. The van der Waals surface area contributed by atoms with Crippen LogP contribution in [0.3, 0.4) is 0 Å². The molecule has 0 radical (unpaired) electrons. The number of benzene rings is 2. The number of amides is 1. The van der Waals surface area contributed by atoms with Gasteiger partial charge in [-0.1, -0.05) is 11.6 Å². The van der Waals surface area contributed by atoms with Gasteiger partial charge in [-0.05, 0) is 42.0 Å². The average Bonchev–Trinajstić information content (AvgIpc) is 2.90. The molecule has 0 unspecified atom stereocenters. The Bertz CT molecular complexity index is 893. The molecule has 2 aromatic carbocycles. The third kappa shape index (κ3) is 2.72. The van der Waals surface area contributed by atoms with Crippen LogP contribution in [0.5, 0.6) is 11.5 Å². The molecule has 0 bridgehead atoms. The van der Waals surface area contributed by atoms with E-state index >= 15 is 0 Å². The van der Waals surface area contributed by atoms with Gasteiger partial charge in [0.25, 0.3) is 5.91 Å². The molecular weight excluding hydrogens is 330 g/mol. The lowest BCUT2D eigenvalue weighted by molar-refractivity contribution is -0.110. The average molecular weight is 342 g/mol.